The van der Waals surface area contributed by atoms with E-state index in [1.54, 1.807) is 0 Å². The molecule has 2 rings (SSSR count). The summed E-state index contributed by atoms with van der Waals surface area (Å²) in [6.07, 6.45) is 0.966. The summed E-state index contributed by atoms with van der Waals surface area (Å²) < 4.78 is 39.2. The molecule has 0 bridgehead atoms. The van der Waals surface area contributed by atoms with Crippen molar-refractivity contribution in [1.82, 2.24) is 4.98 Å². The van der Waals surface area contributed by atoms with Crippen LogP contribution in [0, 0.1) is 5.82 Å². The third kappa shape index (κ3) is 2.91. The summed E-state index contributed by atoms with van der Waals surface area (Å²) in [6, 6.07) is 3.98. The minimum absolute atomic E-state index is 0.0809. The summed E-state index contributed by atoms with van der Waals surface area (Å²) in [5.41, 5.74) is -0.705. The highest BCUT2D eigenvalue weighted by molar-refractivity contribution is 7.92. The molecular weight excluding hydrogens is 311 g/mol. The van der Waals surface area contributed by atoms with Gasteiger partial charge in [0, 0.05) is 12.3 Å². The first-order valence-electron chi connectivity index (χ1n) is 5.19. The molecule has 106 valence electrons. The number of rotatable bonds is 3. The van der Waals surface area contributed by atoms with E-state index in [4.69, 9.17) is 16.7 Å². The van der Waals surface area contributed by atoms with Crippen LogP contribution in [0.2, 0.25) is 5.02 Å². The van der Waals surface area contributed by atoms with Gasteiger partial charge < -0.3 is 10.1 Å². The summed E-state index contributed by atoms with van der Waals surface area (Å²) in [5, 5.41) is 8.73. The number of nitrogens with one attached hydrogen (secondary N) is 2. The lowest BCUT2D eigenvalue weighted by atomic mass is 10.3. The van der Waals surface area contributed by atoms with Gasteiger partial charge in [0.25, 0.3) is 15.6 Å². The van der Waals surface area contributed by atoms with E-state index in [0.717, 1.165) is 24.4 Å². The molecule has 0 atom stereocenters. The number of pyridine rings is 1. The molecule has 1 heterocycles. The maximum Gasteiger partial charge on any atom is 0.266 e. The SMILES string of the molecule is O=c1[nH]cc(S(=O)(=O)Nc2ccc(O)c(F)c2)cc1Cl. The number of aromatic nitrogens is 1. The molecule has 6 nitrogen and oxygen atoms in total. The van der Waals surface area contributed by atoms with Crippen LogP contribution in [0.5, 0.6) is 5.75 Å². The van der Waals surface area contributed by atoms with Crippen molar-refractivity contribution < 1.29 is 17.9 Å². The molecule has 2 aromatic rings. The van der Waals surface area contributed by atoms with Crippen LogP contribution in [0.25, 0.3) is 0 Å². The van der Waals surface area contributed by atoms with E-state index in [1.807, 2.05) is 0 Å². The Hall–Kier alpha value is -2.06. The fourth-order valence-electron chi connectivity index (χ4n) is 1.38. The van der Waals surface area contributed by atoms with Gasteiger partial charge in [-0.3, -0.25) is 9.52 Å². The summed E-state index contributed by atoms with van der Waals surface area (Å²) in [4.78, 5) is 12.9. The van der Waals surface area contributed by atoms with Crippen LogP contribution in [0.3, 0.4) is 0 Å². The van der Waals surface area contributed by atoms with Gasteiger partial charge in [0.15, 0.2) is 11.6 Å². The number of sulfonamides is 1. The van der Waals surface area contributed by atoms with E-state index < -0.39 is 27.1 Å². The zero-order valence-electron chi connectivity index (χ0n) is 9.72. The topological polar surface area (TPSA) is 99.3 Å². The smallest absolute Gasteiger partial charge is 0.266 e. The van der Waals surface area contributed by atoms with Crippen molar-refractivity contribution in [1.29, 1.82) is 0 Å². The van der Waals surface area contributed by atoms with Crippen LogP contribution in [0.1, 0.15) is 0 Å². The van der Waals surface area contributed by atoms with Crippen molar-refractivity contribution in [2.45, 2.75) is 4.90 Å². The number of benzene rings is 1. The Kier molecular flexibility index (Phi) is 3.69. The third-order valence-electron chi connectivity index (χ3n) is 2.34. The molecule has 0 saturated carbocycles. The van der Waals surface area contributed by atoms with Gasteiger partial charge >= 0.3 is 0 Å². The lowest BCUT2D eigenvalue weighted by molar-refractivity contribution is 0.432. The molecule has 9 heteroatoms. The van der Waals surface area contributed by atoms with Gasteiger partial charge in [0.1, 0.15) is 9.92 Å². The average molecular weight is 319 g/mol. The molecule has 0 saturated heterocycles. The number of halogens is 2. The maximum atomic E-state index is 13.1. The molecule has 1 aromatic heterocycles. The van der Waals surface area contributed by atoms with Gasteiger partial charge in [-0.1, -0.05) is 11.6 Å². The highest BCUT2D eigenvalue weighted by Gasteiger charge is 2.16. The molecule has 1 aromatic carbocycles. The van der Waals surface area contributed by atoms with Crippen molar-refractivity contribution in [2.24, 2.45) is 0 Å². The van der Waals surface area contributed by atoms with E-state index in [2.05, 4.69) is 9.71 Å². The lowest BCUT2D eigenvalue weighted by Crippen LogP contribution is -2.16. The number of hydrogen-bond acceptors (Lipinski definition) is 4. The normalized spacial score (nSPS) is 11.3. The minimum Gasteiger partial charge on any atom is -0.505 e. The number of phenols is 1. The summed E-state index contributed by atoms with van der Waals surface area (Å²) >= 11 is 5.54. The Morgan fingerprint density at radius 3 is 2.60 bits per heavy atom. The first-order valence-corrected chi connectivity index (χ1v) is 7.05. The summed E-state index contributed by atoms with van der Waals surface area (Å²) in [6.45, 7) is 0. The Morgan fingerprint density at radius 2 is 2.00 bits per heavy atom. The highest BCUT2D eigenvalue weighted by atomic mass is 35.5. The van der Waals surface area contributed by atoms with Crippen molar-refractivity contribution in [3.8, 4) is 5.75 Å². The molecule has 0 fully saturated rings. The number of aromatic hydroxyl groups is 1. The van der Waals surface area contributed by atoms with E-state index in [1.165, 1.54) is 6.07 Å². The molecule has 20 heavy (non-hydrogen) atoms. The number of anilines is 1. The Labute approximate surface area is 117 Å². The standard InChI is InChI=1S/C11H8ClFN2O4S/c12-8-4-7(5-14-11(8)17)20(18,19)15-6-1-2-10(16)9(13)3-6/h1-5,15-16H,(H,14,17). The summed E-state index contributed by atoms with van der Waals surface area (Å²) in [7, 11) is -4.04. The molecule has 0 aliphatic heterocycles. The predicted molar refractivity (Wildman–Crippen MR) is 70.9 cm³/mol. The minimum atomic E-state index is -4.04. The summed E-state index contributed by atoms with van der Waals surface area (Å²) in [5.74, 6) is -1.57. The molecule has 0 unspecified atom stereocenters. The van der Waals surface area contributed by atoms with E-state index in [-0.39, 0.29) is 15.6 Å². The Morgan fingerprint density at radius 1 is 1.30 bits per heavy atom. The van der Waals surface area contributed by atoms with Crippen molar-refractivity contribution in [2.75, 3.05) is 4.72 Å². The van der Waals surface area contributed by atoms with Gasteiger partial charge in [-0.15, -0.1) is 0 Å². The van der Waals surface area contributed by atoms with Crippen LogP contribution in [-0.2, 0) is 10.0 Å². The van der Waals surface area contributed by atoms with E-state index >= 15 is 0 Å². The van der Waals surface area contributed by atoms with Crippen molar-refractivity contribution in [3.05, 3.63) is 51.7 Å². The van der Waals surface area contributed by atoms with E-state index in [9.17, 15) is 17.6 Å². The van der Waals surface area contributed by atoms with E-state index in [0.29, 0.717) is 0 Å². The second kappa shape index (κ2) is 5.14. The first-order chi connectivity index (χ1) is 9.29. The molecule has 0 amide bonds. The second-order valence-corrected chi connectivity index (χ2v) is 5.87. The average Bonchev–Trinajstić information content (AvgIpc) is 2.37. The van der Waals surface area contributed by atoms with Gasteiger partial charge in [-0.2, -0.15) is 0 Å². The lowest BCUT2D eigenvalue weighted by Gasteiger charge is -2.08. The van der Waals surface area contributed by atoms with Crippen LogP contribution in [0.4, 0.5) is 10.1 Å². The zero-order chi connectivity index (χ0) is 14.9. The Bertz CT molecular complexity index is 819. The van der Waals surface area contributed by atoms with Gasteiger partial charge in [0.2, 0.25) is 0 Å². The molecule has 3 N–H and O–H groups in total. The second-order valence-electron chi connectivity index (χ2n) is 3.78. The van der Waals surface area contributed by atoms with Gasteiger partial charge in [0.05, 0.1) is 5.69 Å². The van der Waals surface area contributed by atoms with Crippen LogP contribution < -0.4 is 10.3 Å². The first kappa shape index (κ1) is 14.4. The number of hydrogen-bond donors (Lipinski definition) is 3. The zero-order valence-corrected chi connectivity index (χ0v) is 11.3. The van der Waals surface area contributed by atoms with Crippen LogP contribution in [-0.4, -0.2) is 18.5 Å². The molecule has 0 aliphatic carbocycles. The fraction of sp³-hybridized carbons (Fsp3) is 0. The largest absolute Gasteiger partial charge is 0.505 e. The third-order valence-corrected chi connectivity index (χ3v) is 3.98. The van der Waals surface area contributed by atoms with Crippen LogP contribution >= 0.6 is 11.6 Å². The van der Waals surface area contributed by atoms with Crippen molar-refractivity contribution in [3.63, 3.8) is 0 Å². The molecule has 0 aliphatic rings. The van der Waals surface area contributed by atoms with Crippen molar-refractivity contribution >= 4 is 27.3 Å². The predicted octanol–water partition coefficient (Wildman–Crippen LogP) is 1.67. The van der Waals surface area contributed by atoms with Crippen LogP contribution in [0.15, 0.2) is 40.2 Å². The highest BCUT2D eigenvalue weighted by Crippen LogP contribution is 2.22. The Balaban J connectivity index is 2.37. The molecule has 0 radical (unpaired) electrons. The maximum absolute atomic E-state index is 13.1. The van der Waals surface area contributed by atoms with Gasteiger partial charge in [-0.05, 0) is 18.2 Å². The molecular formula is C11H8ClFN2O4S. The number of aromatic amines is 1. The van der Waals surface area contributed by atoms with Gasteiger partial charge in [-0.25, -0.2) is 12.8 Å². The number of H-pyrrole nitrogens is 1. The number of phenolic OH excluding ortho intramolecular Hbond substituents is 1. The monoisotopic (exact) mass is 318 g/mol. The fourth-order valence-corrected chi connectivity index (χ4v) is 2.66. The molecule has 0 spiro atoms. The quantitative estimate of drug-likeness (QED) is 0.750.